The number of nitrogens with zero attached hydrogens (tertiary/aromatic N) is 3. The van der Waals surface area contributed by atoms with E-state index >= 15 is 0 Å². The van der Waals surface area contributed by atoms with Gasteiger partial charge < -0.3 is 19.5 Å². The monoisotopic (exact) mass is 452 g/mol. The first-order valence-electron chi connectivity index (χ1n) is 11.9. The Morgan fingerprint density at radius 1 is 1.18 bits per heavy atom. The van der Waals surface area contributed by atoms with Crippen LogP contribution >= 0.6 is 0 Å². The number of ether oxygens (including phenoxy) is 3. The van der Waals surface area contributed by atoms with Gasteiger partial charge in [-0.05, 0) is 37.0 Å². The molecule has 1 fully saturated rings. The molecule has 0 bridgehead atoms. The van der Waals surface area contributed by atoms with Crippen molar-refractivity contribution in [2.75, 3.05) is 46.6 Å². The number of rotatable bonds is 6. The van der Waals surface area contributed by atoms with Crippen molar-refractivity contribution < 1.29 is 19.0 Å². The Labute approximate surface area is 194 Å². The van der Waals surface area contributed by atoms with Gasteiger partial charge in [0.05, 0.1) is 37.8 Å². The third kappa shape index (κ3) is 4.77. The van der Waals surface area contributed by atoms with Crippen LogP contribution in [0.4, 0.5) is 0 Å². The smallest absolute Gasteiger partial charge is 0.166 e. The van der Waals surface area contributed by atoms with E-state index in [0.717, 1.165) is 86.7 Å². The Kier molecular flexibility index (Phi) is 6.64. The summed E-state index contributed by atoms with van der Waals surface area (Å²) in [6.07, 6.45) is 10.3. The zero-order valence-corrected chi connectivity index (χ0v) is 19.2. The van der Waals surface area contributed by atoms with Crippen molar-refractivity contribution >= 4 is 17.7 Å². The number of Topliss-reactive ketones (excluding diaryl/α,β-unsaturated/α-hetero) is 1. The molecule has 1 atom stereocenters. The minimum atomic E-state index is -0.0991. The second-order valence-electron chi connectivity index (χ2n) is 8.80. The summed E-state index contributed by atoms with van der Waals surface area (Å²) in [5.74, 6) is 1.61. The predicted octanol–water partition coefficient (Wildman–Crippen LogP) is 2.76. The van der Waals surface area contributed by atoms with Crippen LogP contribution in [0.25, 0.3) is 5.70 Å². The highest BCUT2D eigenvalue weighted by atomic mass is 16.5. The maximum atomic E-state index is 12.8. The number of benzene rings is 1. The number of methoxy groups -OCH3 is 1. The van der Waals surface area contributed by atoms with Gasteiger partial charge in [-0.25, -0.2) is 5.01 Å². The predicted molar refractivity (Wildman–Crippen MR) is 126 cm³/mol. The van der Waals surface area contributed by atoms with Gasteiger partial charge in [-0.15, -0.1) is 0 Å². The molecule has 176 valence electrons. The number of morpholine rings is 1. The molecule has 0 radical (unpaired) electrons. The lowest BCUT2D eigenvalue weighted by molar-refractivity contribution is 0.0283. The van der Waals surface area contributed by atoms with Crippen LogP contribution in [-0.4, -0.2) is 74.6 Å². The molecule has 1 unspecified atom stereocenters. The summed E-state index contributed by atoms with van der Waals surface area (Å²) in [5.41, 5.74) is 3.77. The van der Waals surface area contributed by atoms with Crippen molar-refractivity contribution in [3.63, 3.8) is 0 Å². The number of hydrogen-bond donors (Lipinski definition) is 1. The fourth-order valence-electron chi connectivity index (χ4n) is 4.84. The van der Waals surface area contributed by atoms with Crippen LogP contribution in [0.2, 0.25) is 0 Å². The lowest BCUT2D eigenvalue weighted by atomic mass is 9.90. The molecule has 0 aromatic heterocycles. The van der Waals surface area contributed by atoms with Crippen molar-refractivity contribution in [1.82, 2.24) is 15.2 Å². The average molecular weight is 453 g/mol. The highest BCUT2D eigenvalue weighted by Crippen LogP contribution is 2.35. The Hall–Kier alpha value is -2.84. The summed E-state index contributed by atoms with van der Waals surface area (Å²) >= 11 is 0. The van der Waals surface area contributed by atoms with Gasteiger partial charge in [-0.2, -0.15) is 5.10 Å². The number of ketones is 1. The lowest BCUT2D eigenvalue weighted by Gasteiger charge is -2.28. The van der Waals surface area contributed by atoms with E-state index < -0.39 is 0 Å². The molecule has 3 heterocycles. The average Bonchev–Trinajstić information content (AvgIpc) is 3.26. The van der Waals surface area contributed by atoms with E-state index in [-0.39, 0.29) is 11.9 Å². The second kappa shape index (κ2) is 9.97. The van der Waals surface area contributed by atoms with Crippen LogP contribution in [-0.2, 0) is 15.9 Å². The Bertz CT molecular complexity index is 981. The molecule has 33 heavy (non-hydrogen) atoms. The van der Waals surface area contributed by atoms with E-state index in [1.165, 1.54) is 0 Å². The number of nitrogens with one attached hydrogen (secondary N) is 1. The Morgan fingerprint density at radius 3 is 2.88 bits per heavy atom. The van der Waals surface area contributed by atoms with E-state index in [1.807, 2.05) is 23.4 Å². The molecule has 1 saturated heterocycles. The maximum absolute atomic E-state index is 12.8. The quantitative estimate of drug-likeness (QED) is 0.711. The molecule has 1 N–H and O–H groups in total. The van der Waals surface area contributed by atoms with Gasteiger partial charge >= 0.3 is 0 Å². The third-order valence-electron chi connectivity index (χ3n) is 6.64. The minimum absolute atomic E-state index is 0.0991. The SMILES string of the molecule is COc1cc(C2=CNC3C=C(OCCN4CCOCC4)C=NN23)cc2c1C(=O)CCCCC2. The molecule has 0 saturated carbocycles. The van der Waals surface area contributed by atoms with E-state index in [2.05, 4.69) is 21.4 Å². The molecule has 1 aliphatic carbocycles. The van der Waals surface area contributed by atoms with Gasteiger partial charge in [0.2, 0.25) is 0 Å². The summed E-state index contributed by atoms with van der Waals surface area (Å²) in [4.78, 5) is 15.1. The highest BCUT2D eigenvalue weighted by Gasteiger charge is 2.30. The molecule has 0 spiro atoms. The van der Waals surface area contributed by atoms with E-state index in [4.69, 9.17) is 14.2 Å². The summed E-state index contributed by atoms with van der Waals surface area (Å²) in [5, 5.41) is 9.98. The summed E-state index contributed by atoms with van der Waals surface area (Å²) < 4.78 is 17.0. The van der Waals surface area contributed by atoms with Crippen LogP contribution in [0.15, 0.2) is 35.3 Å². The molecule has 8 heteroatoms. The van der Waals surface area contributed by atoms with Crippen LogP contribution in [0.5, 0.6) is 5.75 Å². The minimum Gasteiger partial charge on any atom is -0.496 e. The van der Waals surface area contributed by atoms with Crippen molar-refractivity contribution in [3.8, 4) is 5.75 Å². The van der Waals surface area contributed by atoms with Gasteiger partial charge in [0, 0.05) is 43.9 Å². The third-order valence-corrected chi connectivity index (χ3v) is 6.64. The Balaban J connectivity index is 1.28. The lowest BCUT2D eigenvalue weighted by Crippen LogP contribution is -2.38. The maximum Gasteiger partial charge on any atom is 0.166 e. The molecule has 0 amide bonds. The first-order chi connectivity index (χ1) is 16.2. The number of fused-ring (bicyclic) bond motifs is 2. The molecule has 1 aromatic rings. The van der Waals surface area contributed by atoms with Crippen LogP contribution < -0.4 is 10.1 Å². The van der Waals surface area contributed by atoms with Gasteiger partial charge in [-0.1, -0.05) is 6.42 Å². The van der Waals surface area contributed by atoms with Gasteiger partial charge in [0.15, 0.2) is 5.78 Å². The normalized spacial score (nSPS) is 23.0. The Morgan fingerprint density at radius 2 is 2.03 bits per heavy atom. The summed E-state index contributed by atoms with van der Waals surface area (Å²) in [6, 6.07) is 4.09. The number of hydrazone groups is 1. The fraction of sp³-hybridized carbons (Fsp3) is 0.520. The molecule has 3 aliphatic heterocycles. The first-order valence-corrected chi connectivity index (χ1v) is 11.9. The summed E-state index contributed by atoms with van der Waals surface area (Å²) in [7, 11) is 1.64. The van der Waals surface area contributed by atoms with Crippen LogP contribution in [0.3, 0.4) is 0 Å². The molecule has 4 aliphatic rings. The van der Waals surface area contributed by atoms with Crippen molar-refractivity contribution in [2.24, 2.45) is 5.10 Å². The van der Waals surface area contributed by atoms with Crippen molar-refractivity contribution in [2.45, 2.75) is 38.3 Å². The largest absolute Gasteiger partial charge is 0.496 e. The zero-order chi connectivity index (χ0) is 22.6. The number of aryl methyl sites for hydroxylation is 1. The molecular weight excluding hydrogens is 420 g/mol. The number of allylic oxidation sites excluding steroid dienone is 1. The molecule has 5 rings (SSSR count). The van der Waals surface area contributed by atoms with E-state index in [1.54, 1.807) is 13.3 Å². The van der Waals surface area contributed by atoms with Gasteiger partial charge in [-0.3, -0.25) is 9.69 Å². The zero-order valence-electron chi connectivity index (χ0n) is 19.2. The molecular formula is C25H32N4O4. The number of hydrogen-bond acceptors (Lipinski definition) is 8. The first kappa shape index (κ1) is 22.0. The standard InChI is InChI=1S/C25H32N4O4/c1-31-23-14-19(13-18-5-3-2-4-6-22(30)25(18)23)21-17-26-24-15-20(16-27-29(21)24)33-12-9-28-7-10-32-11-8-28/h13-17,24,26H,2-12H2,1H3. The van der Waals surface area contributed by atoms with Gasteiger partial charge in [0.25, 0.3) is 0 Å². The molecule has 1 aromatic carbocycles. The highest BCUT2D eigenvalue weighted by molar-refractivity contribution is 6.00. The fourth-order valence-corrected chi connectivity index (χ4v) is 4.84. The number of carbonyl (C=O) groups is 1. The van der Waals surface area contributed by atoms with E-state index in [0.29, 0.717) is 18.8 Å². The summed E-state index contributed by atoms with van der Waals surface area (Å²) in [6.45, 7) is 5.01. The topological polar surface area (TPSA) is 75.6 Å². The van der Waals surface area contributed by atoms with Crippen LogP contribution in [0, 0.1) is 0 Å². The number of carbonyl (C=O) groups excluding carboxylic acids is 1. The second-order valence-corrected chi connectivity index (χ2v) is 8.80. The van der Waals surface area contributed by atoms with Crippen molar-refractivity contribution in [1.29, 1.82) is 0 Å². The molecule has 8 nitrogen and oxygen atoms in total. The van der Waals surface area contributed by atoms with E-state index in [9.17, 15) is 4.79 Å². The van der Waals surface area contributed by atoms with Crippen molar-refractivity contribution in [3.05, 3.63) is 46.9 Å². The van der Waals surface area contributed by atoms with Gasteiger partial charge in [0.1, 0.15) is 24.3 Å². The van der Waals surface area contributed by atoms with Crippen LogP contribution in [0.1, 0.15) is 47.2 Å².